The van der Waals surface area contributed by atoms with E-state index in [1.165, 1.54) is 22.6 Å². The number of ether oxygens (including phenoxy) is 1. The molecule has 1 aromatic heterocycles. The first kappa shape index (κ1) is 13.4. The van der Waals surface area contributed by atoms with Gasteiger partial charge in [0.05, 0.1) is 12.7 Å². The van der Waals surface area contributed by atoms with Crippen LogP contribution in [0.5, 0.6) is 5.75 Å². The highest BCUT2D eigenvalue weighted by molar-refractivity contribution is 14.1. The predicted octanol–water partition coefficient (Wildman–Crippen LogP) is 3.65. The van der Waals surface area contributed by atoms with E-state index in [4.69, 9.17) is 0 Å². The molecule has 0 unspecified atom stereocenters. The highest BCUT2D eigenvalue weighted by Gasteiger charge is 2.39. The van der Waals surface area contributed by atoms with Crippen molar-refractivity contribution in [2.75, 3.05) is 7.11 Å². The van der Waals surface area contributed by atoms with Crippen molar-refractivity contribution in [3.8, 4) is 5.75 Å². The van der Waals surface area contributed by atoms with Crippen molar-refractivity contribution >= 4 is 22.6 Å². The van der Waals surface area contributed by atoms with E-state index in [0.717, 1.165) is 13.2 Å². The molecule has 0 aliphatic carbocycles. The van der Waals surface area contributed by atoms with Gasteiger partial charge < -0.3 is 4.74 Å². The summed E-state index contributed by atoms with van der Waals surface area (Å²) in [6, 6.07) is 0.860. The molecule has 2 nitrogen and oxygen atoms in total. The van der Waals surface area contributed by atoms with E-state index in [1.807, 2.05) is 0 Å². The summed E-state index contributed by atoms with van der Waals surface area (Å²) in [6.45, 7) is 0. The number of hydrogen-bond donors (Lipinski definition) is 0. The first-order chi connectivity index (χ1) is 7.27. The molecule has 0 aliphatic rings. The van der Waals surface area contributed by atoms with Crippen molar-refractivity contribution in [2.45, 2.75) is 12.6 Å². The van der Waals surface area contributed by atoms with Crippen LogP contribution in [0.4, 0.5) is 22.0 Å². The molecule has 0 bridgehead atoms. The summed E-state index contributed by atoms with van der Waals surface area (Å²) in [5, 5.41) is 0. The fourth-order valence-electron chi connectivity index (χ4n) is 1.09. The Morgan fingerprint density at radius 3 is 2.31 bits per heavy atom. The highest BCUT2D eigenvalue weighted by atomic mass is 127. The summed E-state index contributed by atoms with van der Waals surface area (Å²) in [7, 11) is 0.894. The smallest absolute Gasteiger partial charge is 0.437 e. The Morgan fingerprint density at radius 1 is 1.38 bits per heavy atom. The minimum absolute atomic E-state index is 0.166. The zero-order chi connectivity index (χ0) is 12.5. The van der Waals surface area contributed by atoms with Gasteiger partial charge in [-0.2, -0.15) is 13.2 Å². The summed E-state index contributed by atoms with van der Waals surface area (Å²) >= 11 is 1.44. The molecular weight excluding hydrogens is 348 g/mol. The van der Waals surface area contributed by atoms with Gasteiger partial charge in [-0.15, -0.1) is 0 Å². The van der Waals surface area contributed by atoms with Crippen LogP contribution >= 0.6 is 22.6 Å². The number of nitrogens with zero attached hydrogens (tertiary/aromatic N) is 1. The molecule has 0 aliphatic heterocycles. The number of halogens is 6. The van der Waals surface area contributed by atoms with Crippen molar-refractivity contribution in [1.82, 2.24) is 4.98 Å². The fraction of sp³-hybridized carbons (Fsp3) is 0.375. The van der Waals surface area contributed by atoms with E-state index < -0.39 is 29.6 Å². The average molecular weight is 353 g/mol. The number of alkyl halides is 5. The minimum Gasteiger partial charge on any atom is -0.494 e. The molecule has 0 fully saturated rings. The van der Waals surface area contributed by atoms with Crippen LogP contribution in [0, 0.1) is 3.70 Å². The van der Waals surface area contributed by atoms with Crippen molar-refractivity contribution < 1.29 is 26.7 Å². The van der Waals surface area contributed by atoms with E-state index in [1.54, 1.807) is 0 Å². The molecule has 0 amide bonds. The Morgan fingerprint density at radius 2 is 1.94 bits per heavy atom. The molecule has 8 heteroatoms. The van der Waals surface area contributed by atoms with Crippen LogP contribution < -0.4 is 4.74 Å². The summed E-state index contributed by atoms with van der Waals surface area (Å²) in [6.07, 6.45) is -7.87. The van der Waals surface area contributed by atoms with Gasteiger partial charge >= 0.3 is 6.18 Å². The van der Waals surface area contributed by atoms with E-state index in [9.17, 15) is 22.0 Å². The van der Waals surface area contributed by atoms with Gasteiger partial charge in [0.15, 0.2) is 11.4 Å². The van der Waals surface area contributed by atoms with Crippen LogP contribution in [0.2, 0.25) is 0 Å². The molecule has 1 rings (SSSR count). The maximum atomic E-state index is 12.5. The largest absolute Gasteiger partial charge is 0.494 e. The predicted molar refractivity (Wildman–Crippen MR) is 53.5 cm³/mol. The molecule has 1 heterocycles. The summed E-state index contributed by atoms with van der Waals surface area (Å²) < 4.78 is 66.6. The van der Waals surface area contributed by atoms with Gasteiger partial charge in [-0.1, -0.05) is 0 Å². The third kappa shape index (κ3) is 2.71. The van der Waals surface area contributed by atoms with Crippen molar-refractivity contribution in [1.29, 1.82) is 0 Å². The van der Waals surface area contributed by atoms with Gasteiger partial charge in [0.2, 0.25) is 0 Å². The SMILES string of the molecule is COc1c(C(F)F)cc(I)nc1C(F)(F)F. The summed E-state index contributed by atoms with van der Waals surface area (Å²) in [5.74, 6) is -0.928. The Labute approximate surface area is 101 Å². The van der Waals surface area contributed by atoms with Crippen molar-refractivity contribution in [3.63, 3.8) is 0 Å². The summed E-state index contributed by atoms with van der Waals surface area (Å²) in [5.41, 5.74) is -2.24. The lowest BCUT2D eigenvalue weighted by molar-refractivity contribution is -0.142. The molecular formula is C8H5F5INO. The van der Waals surface area contributed by atoms with E-state index in [2.05, 4.69) is 9.72 Å². The van der Waals surface area contributed by atoms with Crippen LogP contribution in [0.3, 0.4) is 0 Å². The number of methoxy groups -OCH3 is 1. The lowest BCUT2D eigenvalue weighted by atomic mass is 10.2. The number of hydrogen-bond acceptors (Lipinski definition) is 2. The molecule has 0 saturated heterocycles. The second-order valence-electron chi connectivity index (χ2n) is 2.71. The van der Waals surface area contributed by atoms with Gasteiger partial charge in [-0.05, 0) is 28.7 Å². The molecule has 0 atom stereocenters. The molecule has 90 valence electrons. The average Bonchev–Trinajstić information content (AvgIpc) is 2.14. The Kier molecular flexibility index (Phi) is 3.92. The van der Waals surface area contributed by atoms with E-state index in [0.29, 0.717) is 0 Å². The normalized spacial score (nSPS) is 12.0. The third-order valence-electron chi connectivity index (χ3n) is 1.68. The monoisotopic (exact) mass is 353 g/mol. The number of rotatable bonds is 2. The number of pyridine rings is 1. The molecule has 0 radical (unpaired) electrons. The molecule has 0 N–H and O–H groups in total. The van der Waals surface area contributed by atoms with Crippen LogP contribution in [0.25, 0.3) is 0 Å². The Bertz CT molecular complexity index is 393. The highest BCUT2D eigenvalue weighted by Crippen LogP contribution is 2.40. The minimum atomic E-state index is -4.82. The Hall–Kier alpha value is -0.670. The maximum Gasteiger partial charge on any atom is 0.437 e. The topological polar surface area (TPSA) is 22.1 Å². The first-order valence-electron chi connectivity index (χ1n) is 3.87. The second-order valence-corrected chi connectivity index (χ2v) is 3.82. The molecule has 1 aromatic rings. The van der Waals surface area contributed by atoms with Gasteiger partial charge in [-0.3, -0.25) is 0 Å². The lowest BCUT2D eigenvalue weighted by Crippen LogP contribution is -2.13. The van der Waals surface area contributed by atoms with Gasteiger partial charge in [0.25, 0.3) is 6.43 Å². The Balaban J connectivity index is 3.49. The van der Waals surface area contributed by atoms with Crippen LogP contribution in [-0.2, 0) is 6.18 Å². The van der Waals surface area contributed by atoms with Gasteiger partial charge in [-0.25, -0.2) is 13.8 Å². The zero-order valence-corrected chi connectivity index (χ0v) is 9.94. The van der Waals surface area contributed by atoms with Crippen molar-refractivity contribution in [3.05, 3.63) is 21.0 Å². The maximum absolute atomic E-state index is 12.5. The standard InChI is InChI=1S/C8H5F5INO/c1-16-5-3(7(9)10)2-4(14)15-6(5)8(11,12)13/h2,7H,1H3. The quantitative estimate of drug-likeness (QED) is 0.460. The molecule has 0 saturated carbocycles. The van der Waals surface area contributed by atoms with Crippen LogP contribution in [-0.4, -0.2) is 12.1 Å². The van der Waals surface area contributed by atoms with E-state index in [-0.39, 0.29) is 3.70 Å². The van der Waals surface area contributed by atoms with Crippen LogP contribution in [0.1, 0.15) is 17.7 Å². The fourth-order valence-corrected chi connectivity index (χ4v) is 1.67. The summed E-state index contributed by atoms with van der Waals surface area (Å²) in [4.78, 5) is 3.16. The first-order valence-corrected chi connectivity index (χ1v) is 4.95. The van der Waals surface area contributed by atoms with E-state index >= 15 is 0 Å². The lowest BCUT2D eigenvalue weighted by Gasteiger charge is -2.14. The van der Waals surface area contributed by atoms with Gasteiger partial charge in [0.1, 0.15) is 3.70 Å². The zero-order valence-electron chi connectivity index (χ0n) is 7.78. The number of aromatic nitrogens is 1. The molecule has 0 aromatic carbocycles. The van der Waals surface area contributed by atoms with Crippen LogP contribution in [0.15, 0.2) is 6.07 Å². The molecule has 16 heavy (non-hydrogen) atoms. The van der Waals surface area contributed by atoms with Crippen molar-refractivity contribution in [2.24, 2.45) is 0 Å². The second kappa shape index (κ2) is 4.68. The van der Waals surface area contributed by atoms with Gasteiger partial charge in [0, 0.05) is 0 Å². The molecule has 0 spiro atoms. The third-order valence-corrected chi connectivity index (χ3v) is 2.23.